The van der Waals surface area contributed by atoms with Crippen LogP contribution in [0.3, 0.4) is 0 Å². The molecule has 0 radical (unpaired) electrons. The minimum absolute atomic E-state index is 0.0917. The summed E-state index contributed by atoms with van der Waals surface area (Å²) < 4.78 is 26.7. The molecule has 1 aromatic heterocycles. The summed E-state index contributed by atoms with van der Waals surface area (Å²) in [6, 6.07) is 10.2. The van der Waals surface area contributed by atoms with Gasteiger partial charge in [-0.05, 0) is 36.8 Å². The Morgan fingerprint density at radius 1 is 1.26 bits per heavy atom. The number of pyridine rings is 1. The van der Waals surface area contributed by atoms with Crippen molar-refractivity contribution in [1.82, 2.24) is 9.71 Å². The van der Waals surface area contributed by atoms with Crippen molar-refractivity contribution in [2.45, 2.75) is 18.4 Å². The van der Waals surface area contributed by atoms with Crippen LogP contribution in [0, 0.1) is 6.92 Å². The second-order valence-electron chi connectivity index (χ2n) is 4.19. The van der Waals surface area contributed by atoms with Gasteiger partial charge in [0.2, 0.25) is 10.0 Å². The van der Waals surface area contributed by atoms with E-state index in [4.69, 9.17) is 5.73 Å². The van der Waals surface area contributed by atoms with Crippen molar-refractivity contribution < 1.29 is 8.42 Å². The molecule has 6 heteroatoms. The summed E-state index contributed by atoms with van der Waals surface area (Å²) in [6.45, 7) is 1.99. The number of rotatable bonds is 4. The fourth-order valence-electron chi connectivity index (χ4n) is 1.66. The molecule has 0 amide bonds. The summed E-state index contributed by atoms with van der Waals surface area (Å²) in [7, 11) is -3.62. The molecule has 0 aliphatic heterocycles. The highest BCUT2D eigenvalue weighted by atomic mass is 32.2. The van der Waals surface area contributed by atoms with Crippen molar-refractivity contribution in [3.05, 3.63) is 53.9 Å². The van der Waals surface area contributed by atoms with E-state index in [1.165, 1.54) is 6.07 Å². The number of benzene rings is 1. The minimum Gasteiger partial charge on any atom is -0.398 e. The molecule has 2 rings (SSSR count). The number of nitrogens with two attached hydrogens (primary N) is 1. The van der Waals surface area contributed by atoms with Crippen LogP contribution in [-0.4, -0.2) is 13.4 Å². The third kappa shape index (κ3) is 3.30. The van der Waals surface area contributed by atoms with Crippen LogP contribution in [0.1, 0.15) is 11.3 Å². The molecule has 0 unspecified atom stereocenters. The Bertz CT molecular complexity index is 670. The van der Waals surface area contributed by atoms with E-state index in [1.54, 1.807) is 36.5 Å². The maximum atomic E-state index is 12.1. The molecule has 0 fully saturated rings. The monoisotopic (exact) mass is 277 g/mol. The number of aryl methyl sites for hydroxylation is 1. The second-order valence-corrected chi connectivity index (χ2v) is 5.92. The zero-order valence-electron chi connectivity index (χ0n) is 10.5. The summed E-state index contributed by atoms with van der Waals surface area (Å²) in [5.74, 6) is 0. The number of nitrogen functional groups attached to an aromatic ring is 1. The van der Waals surface area contributed by atoms with Gasteiger partial charge in [0.1, 0.15) is 4.90 Å². The summed E-state index contributed by atoms with van der Waals surface area (Å²) >= 11 is 0. The first-order valence-electron chi connectivity index (χ1n) is 5.75. The van der Waals surface area contributed by atoms with Gasteiger partial charge in [-0.1, -0.05) is 12.1 Å². The highest BCUT2D eigenvalue weighted by Crippen LogP contribution is 2.19. The van der Waals surface area contributed by atoms with Gasteiger partial charge in [0.25, 0.3) is 0 Å². The molecular formula is C13H15N3O2S. The normalized spacial score (nSPS) is 11.4. The third-order valence-corrected chi connectivity index (χ3v) is 4.10. The van der Waals surface area contributed by atoms with E-state index >= 15 is 0 Å². The van der Waals surface area contributed by atoms with Gasteiger partial charge in [0.05, 0.1) is 17.9 Å². The Kier molecular flexibility index (Phi) is 3.82. The summed E-state index contributed by atoms with van der Waals surface area (Å²) in [6.07, 6.45) is 1.61. The van der Waals surface area contributed by atoms with Crippen molar-refractivity contribution in [3.63, 3.8) is 0 Å². The molecule has 0 spiro atoms. The Labute approximate surface area is 112 Å². The number of sulfonamides is 1. The van der Waals surface area contributed by atoms with Crippen LogP contribution < -0.4 is 10.5 Å². The molecule has 0 aliphatic rings. The van der Waals surface area contributed by atoms with E-state index in [1.807, 2.05) is 6.92 Å². The lowest BCUT2D eigenvalue weighted by atomic mass is 10.2. The molecule has 1 aromatic carbocycles. The van der Waals surface area contributed by atoms with Crippen LogP contribution in [0.2, 0.25) is 0 Å². The van der Waals surface area contributed by atoms with Crippen molar-refractivity contribution >= 4 is 15.7 Å². The lowest BCUT2D eigenvalue weighted by molar-refractivity contribution is 0.581. The van der Waals surface area contributed by atoms with Gasteiger partial charge >= 0.3 is 0 Å². The Morgan fingerprint density at radius 3 is 2.68 bits per heavy atom. The minimum atomic E-state index is -3.62. The number of nitrogens with zero attached hydrogens (tertiary/aromatic N) is 1. The van der Waals surface area contributed by atoms with Crippen molar-refractivity contribution in [2.24, 2.45) is 0 Å². The van der Waals surface area contributed by atoms with E-state index in [9.17, 15) is 8.42 Å². The molecule has 2 aromatic rings. The van der Waals surface area contributed by atoms with Crippen molar-refractivity contribution in [3.8, 4) is 0 Å². The molecular weight excluding hydrogens is 262 g/mol. The highest BCUT2D eigenvalue weighted by molar-refractivity contribution is 7.89. The van der Waals surface area contributed by atoms with Crippen molar-refractivity contribution in [2.75, 3.05) is 5.73 Å². The van der Waals surface area contributed by atoms with Gasteiger partial charge in [-0.2, -0.15) is 0 Å². The lowest BCUT2D eigenvalue weighted by Gasteiger charge is -2.09. The first kappa shape index (κ1) is 13.5. The molecule has 5 nitrogen and oxygen atoms in total. The molecule has 100 valence electrons. The van der Waals surface area contributed by atoms with E-state index in [0.717, 1.165) is 5.56 Å². The lowest BCUT2D eigenvalue weighted by Crippen LogP contribution is -2.24. The van der Waals surface area contributed by atoms with Gasteiger partial charge in [-0.25, -0.2) is 13.1 Å². The topological polar surface area (TPSA) is 85.1 Å². The van der Waals surface area contributed by atoms with Crippen LogP contribution in [0.25, 0.3) is 0 Å². The smallest absolute Gasteiger partial charge is 0.242 e. The van der Waals surface area contributed by atoms with Gasteiger partial charge < -0.3 is 5.73 Å². The second kappa shape index (κ2) is 5.38. The number of hydrogen-bond acceptors (Lipinski definition) is 4. The standard InChI is InChI=1S/C13H15N3O2S/c1-10-5-6-13(12(14)8-10)19(17,18)16-9-11-4-2-3-7-15-11/h2-8,16H,9,14H2,1H3. The highest BCUT2D eigenvalue weighted by Gasteiger charge is 2.17. The van der Waals surface area contributed by atoms with Crippen LogP contribution in [-0.2, 0) is 16.6 Å². The fraction of sp³-hybridized carbons (Fsp3) is 0.154. The maximum absolute atomic E-state index is 12.1. The van der Waals surface area contributed by atoms with Crippen LogP contribution >= 0.6 is 0 Å². The molecule has 19 heavy (non-hydrogen) atoms. The predicted octanol–water partition coefficient (Wildman–Crippen LogP) is 1.45. The van der Waals surface area contributed by atoms with E-state index < -0.39 is 10.0 Å². The Morgan fingerprint density at radius 2 is 2.05 bits per heavy atom. The summed E-state index contributed by atoms with van der Waals surface area (Å²) in [5.41, 5.74) is 7.55. The maximum Gasteiger partial charge on any atom is 0.242 e. The average Bonchev–Trinajstić information content (AvgIpc) is 2.37. The molecule has 0 aliphatic carbocycles. The van der Waals surface area contributed by atoms with E-state index in [0.29, 0.717) is 5.69 Å². The number of aromatic nitrogens is 1. The first-order chi connectivity index (χ1) is 8.99. The third-order valence-electron chi connectivity index (χ3n) is 2.62. The van der Waals surface area contributed by atoms with Gasteiger partial charge in [-0.15, -0.1) is 0 Å². The molecule has 0 saturated carbocycles. The Hall–Kier alpha value is -1.92. The zero-order valence-corrected chi connectivity index (χ0v) is 11.3. The molecule has 0 bridgehead atoms. The first-order valence-corrected chi connectivity index (χ1v) is 7.23. The summed E-state index contributed by atoms with van der Waals surface area (Å²) in [4.78, 5) is 4.15. The molecule has 0 atom stereocenters. The largest absolute Gasteiger partial charge is 0.398 e. The number of anilines is 1. The van der Waals surface area contributed by atoms with Crippen molar-refractivity contribution in [1.29, 1.82) is 0 Å². The molecule has 0 saturated heterocycles. The van der Waals surface area contributed by atoms with Gasteiger partial charge in [0.15, 0.2) is 0 Å². The quantitative estimate of drug-likeness (QED) is 0.828. The predicted molar refractivity (Wildman–Crippen MR) is 73.9 cm³/mol. The molecule has 3 N–H and O–H groups in total. The molecule has 1 heterocycles. The van der Waals surface area contributed by atoms with Gasteiger partial charge in [0, 0.05) is 6.20 Å². The zero-order chi connectivity index (χ0) is 13.9. The van der Waals surface area contributed by atoms with E-state index in [-0.39, 0.29) is 17.1 Å². The average molecular weight is 277 g/mol. The number of hydrogen-bond donors (Lipinski definition) is 2. The van der Waals surface area contributed by atoms with Crippen LogP contribution in [0.4, 0.5) is 5.69 Å². The number of nitrogens with one attached hydrogen (secondary N) is 1. The van der Waals surface area contributed by atoms with Crippen LogP contribution in [0.5, 0.6) is 0 Å². The van der Waals surface area contributed by atoms with E-state index in [2.05, 4.69) is 9.71 Å². The Balaban J connectivity index is 2.19. The summed E-state index contributed by atoms with van der Waals surface area (Å²) in [5, 5.41) is 0. The SMILES string of the molecule is Cc1ccc(S(=O)(=O)NCc2ccccn2)c(N)c1. The fourth-order valence-corrected chi connectivity index (χ4v) is 2.77. The van der Waals surface area contributed by atoms with Crippen LogP contribution in [0.15, 0.2) is 47.5 Å². The van der Waals surface area contributed by atoms with Gasteiger partial charge in [-0.3, -0.25) is 4.98 Å².